The van der Waals surface area contributed by atoms with Gasteiger partial charge >= 0.3 is 146 Å². The van der Waals surface area contributed by atoms with Gasteiger partial charge in [0.2, 0.25) is 11.8 Å². The summed E-state index contributed by atoms with van der Waals surface area (Å²) in [6.45, 7) is 6.32. The van der Waals surface area contributed by atoms with Crippen molar-refractivity contribution >= 4 is 59.7 Å². The van der Waals surface area contributed by atoms with Gasteiger partial charge in [-0.05, 0) is 266 Å². The molecule has 3 aliphatic carbocycles. The summed E-state index contributed by atoms with van der Waals surface area (Å²) in [5.41, 5.74) is 0. The van der Waals surface area contributed by atoms with Crippen molar-refractivity contribution in [3.05, 3.63) is 0 Å². The molecule has 4 aliphatic heterocycles. The number of nitrogens with one attached hydrogen (secondary N) is 4. The summed E-state index contributed by atoms with van der Waals surface area (Å²) in [6.07, 6.45) is -72.2. The van der Waals surface area contributed by atoms with Crippen molar-refractivity contribution in [2.45, 2.75) is 292 Å². The van der Waals surface area contributed by atoms with E-state index in [1.54, 1.807) is 0 Å². The maximum atomic E-state index is 13.2. The fourth-order valence-corrected chi connectivity index (χ4v) is 14.8. The Morgan fingerprint density at radius 2 is 0.477 bits per heavy atom. The molecular formula is C84H111F41N4O20. The van der Waals surface area contributed by atoms with Crippen LogP contribution in [0, 0.1) is 76.9 Å². The van der Waals surface area contributed by atoms with Gasteiger partial charge in [-0.25, -0.2) is 14.4 Å². The van der Waals surface area contributed by atoms with Gasteiger partial charge in [0.1, 0.15) is 18.8 Å². The SMILES string of the molecule is CC(=O)OC(CC1CCC(COC(=O)C(F)(F)F)CC1)C(F)(F)F.CC(C(=O)OC(CC1CCC(COC(=O)C(C(F)(F)F)C(F)(F)F)CC1)C(F)(F)F)C(F)(F)F.CCC(=O)OC(CC1CCC(COC(=O)C(F)(F)F)CC1)C(F)(F)F.O=C(CC(F)(F)C(F)(F)F)OCC1CCNCC1.O=C(CC(F)(F)F)OCC1CCNCC1.O=C(OCC1CCNCC1)C(C(F)(F)F)C(F)(F)F.O=C(OCC1CCNCC1)C(F)(F)F. The molecule has 0 spiro atoms. The molecule has 4 unspecified atom stereocenters. The molecule has 65 heteroatoms. The average Bonchev–Trinajstić information content (AvgIpc) is 0.809. The van der Waals surface area contributed by atoms with E-state index in [0.29, 0.717) is 97.1 Å². The molecule has 4 saturated heterocycles. The fraction of sp³-hybridized carbons (Fsp3) is 0.881. The molecule has 4 N–H and O–H groups in total. The van der Waals surface area contributed by atoms with Gasteiger partial charge in [0.05, 0.1) is 46.2 Å². The molecule has 4 heterocycles. The normalized spacial score (nSPS) is 21.1. The van der Waals surface area contributed by atoms with E-state index >= 15 is 0 Å². The summed E-state index contributed by atoms with van der Waals surface area (Å²) < 4.78 is 548. The number of alkyl halides is 41. The topological polar surface area (TPSA) is 311 Å². The van der Waals surface area contributed by atoms with Crippen LogP contribution in [0.2, 0.25) is 0 Å². The molecule has 0 aromatic carbocycles. The van der Waals surface area contributed by atoms with Gasteiger partial charge in [0.15, 0.2) is 18.3 Å². The lowest BCUT2D eigenvalue weighted by atomic mass is 9.80. The number of piperidine rings is 4. The first-order valence-corrected chi connectivity index (χ1v) is 45.6. The van der Waals surface area contributed by atoms with E-state index in [1.807, 2.05) is 0 Å². The lowest BCUT2D eigenvalue weighted by molar-refractivity contribution is -0.284. The van der Waals surface area contributed by atoms with Crippen LogP contribution in [0.15, 0.2) is 0 Å². The maximum Gasteiger partial charge on any atom is 0.490 e. The Morgan fingerprint density at radius 1 is 0.255 bits per heavy atom. The summed E-state index contributed by atoms with van der Waals surface area (Å²) >= 11 is 0. The minimum atomic E-state index is -5.93. The molecule has 4 atom stereocenters. The van der Waals surface area contributed by atoms with E-state index in [2.05, 4.69) is 68.6 Å². The Bertz CT molecular complexity index is 3910. The van der Waals surface area contributed by atoms with Gasteiger partial charge in [-0.3, -0.25) is 33.6 Å². The van der Waals surface area contributed by atoms with Gasteiger partial charge in [0, 0.05) is 13.3 Å². The Kier molecular flexibility index (Phi) is 57.4. The van der Waals surface area contributed by atoms with Gasteiger partial charge in [-0.1, -0.05) is 6.92 Å². The number of ether oxygens (including phenoxy) is 10. The monoisotopic (exact) mass is 2270 g/mol. The summed E-state index contributed by atoms with van der Waals surface area (Å²) in [7, 11) is 0. The quantitative estimate of drug-likeness (QED) is 0.0295. The van der Waals surface area contributed by atoms with Gasteiger partial charge < -0.3 is 68.6 Å². The fourth-order valence-electron chi connectivity index (χ4n) is 14.8. The van der Waals surface area contributed by atoms with Crippen LogP contribution < -0.4 is 21.3 Å². The lowest BCUT2D eigenvalue weighted by Crippen LogP contribution is -2.44. The molecule has 0 aromatic rings. The van der Waals surface area contributed by atoms with Gasteiger partial charge in [0.25, 0.3) is 0 Å². The van der Waals surface area contributed by atoms with Crippen molar-refractivity contribution in [2.24, 2.45) is 76.9 Å². The minimum Gasteiger partial charge on any atom is -0.465 e. The van der Waals surface area contributed by atoms with Crippen LogP contribution in [-0.2, 0) is 95.3 Å². The first-order chi connectivity index (χ1) is 67.8. The van der Waals surface area contributed by atoms with Crippen molar-refractivity contribution in [3.63, 3.8) is 0 Å². The zero-order chi connectivity index (χ0) is 115. The second kappa shape index (κ2) is 61.7. The molecule has 7 aliphatic rings. The zero-order valence-electron chi connectivity index (χ0n) is 78.9. The number of hydrogen-bond donors (Lipinski definition) is 4. The zero-order valence-corrected chi connectivity index (χ0v) is 78.9. The molecule has 7 rings (SSSR count). The molecule has 0 amide bonds. The van der Waals surface area contributed by atoms with Gasteiger partial charge in [-0.2, -0.15) is 180 Å². The molecule has 874 valence electrons. The highest BCUT2D eigenvalue weighted by atomic mass is 19.5. The molecule has 3 saturated carbocycles. The number of carbonyl (C=O) groups excluding carboxylic acids is 10. The van der Waals surface area contributed by atoms with Crippen LogP contribution in [0.1, 0.15) is 188 Å². The molecular weight excluding hydrogens is 2160 g/mol. The van der Waals surface area contributed by atoms with Crippen LogP contribution in [0.25, 0.3) is 0 Å². The van der Waals surface area contributed by atoms with E-state index in [9.17, 15) is 228 Å². The van der Waals surface area contributed by atoms with E-state index in [1.165, 1.54) is 6.92 Å². The maximum absolute atomic E-state index is 13.2. The highest BCUT2D eigenvalue weighted by molar-refractivity contribution is 5.77. The van der Waals surface area contributed by atoms with Crippen LogP contribution in [0.5, 0.6) is 0 Å². The number of halogens is 41. The third-order valence-corrected chi connectivity index (χ3v) is 23.3. The van der Waals surface area contributed by atoms with E-state index in [0.717, 1.165) is 71.9 Å². The highest BCUT2D eigenvalue weighted by Gasteiger charge is 2.65. The predicted octanol–water partition coefficient (Wildman–Crippen LogP) is 21.1. The van der Waals surface area contributed by atoms with Crippen molar-refractivity contribution in [3.8, 4) is 0 Å². The lowest BCUT2D eigenvalue weighted by Gasteiger charge is -2.32. The van der Waals surface area contributed by atoms with E-state index < -0.39 is 239 Å². The molecule has 0 aromatic heterocycles. The summed E-state index contributed by atoms with van der Waals surface area (Å²) in [5, 5.41) is 12.2. The molecule has 0 radical (unpaired) electrons. The van der Waals surface area contributed by atoms with Crippen molar-refractivity contribution in [2.75, 3.05) is 98.6 Å². The first kappa shape index (κ1) is 139. The van der Waals surface area contributed by atoms with Crippen molar-refractivity contribution < 1.29 is 275 Å². The average molecular weight is 2280 g/mol. The number of esters is 10. The van der Waals surface area contributed by atoms with Crippen LogP contribution in [-0.4, -0.2) is 263 Å². The second-order valence-electron chi connectivity index (χ2n) is 35.5. The van der Waals surface area contributed by atoms with E-state index in [4.69, 9.17) is 0 Å². The Labute approximate surface area is 822 Å². The van der Waals surface area contributed by atoms with Crippen molar-refractivity contribution in [1.82, 2.24) is 21.3 Å². The molecule has 24 nitrogen and oxygen atoms in total. The summed E-state index contributed by atoms with van der Waals surface area (Å²) in [6, 6.07) is 0. The van der Waals surface area contributed by atoms with Gasteiger partial charge in [-0.15, -0.1) is 0 Å². The second-order valence-corrected chi connectivity index (χ2v) is 35.5. The largest absolute Gasteiger partial charge is 0.490 e. The summed E-state index contributed by atoms with van der Waals surface area (Å²) in [4.78, 5) is 109. The Hall–Kier alpha value is -8.33. The standard InChI is InChI=1S/C18H20F12O4.C15H20F6O4.C14H18F6O4.C10H13F6NO2.C10H14F5NO2.C9H14F3NO2.C8H12F3NO2/c1-8(15(19,20)21)13(31)34-11(16(22,23)24)6-9-2-4-10(5-3-9)7-33-14(32)12(17(25,26)27)18(28,29)30;1-2-12(22)25-11(14(16,17)18)7-9-3-5-10(6-4-9)8-24-13(23)15(19,20)21;1-8(21)24-11(13(15,16)17)6-9-2-4-10(5-3-9)7-23-12(22)14(18,19)20;11-9(12,13)7(10(14,15)16)8(18)19-5-6-1-3-17-4-2-6;11-9(12,10(13,14)15)5-8(17)18-6-7-1-3-16-4-2-7;10-9(11,12)5-8(14)15-6-7-1-3-13-4-2-7;9-8(10,11)7(13)14-5-6-1-3-12-4-2-6/h8-12H,2-7H2,1H3;9-11H,2-8H2,1H3;9-11H,2-7H2,1H3;6-7,17H,1-5H2;7,16H,1-6H2;7,13H,1-6H2;6,12H,1-5H2. The van der Waals surface area contributed by atoms with Crippen LogP contribution in [0.4, 0.5) is 180 Å². The minimum absolute atomic E-state index is 0.0229. The highest BCUT2D eigenvalue weighted by Crippen LogP contribution is 2.46. The number of rotatable bonds is 30. The smallest absolute Gasteiger partial charge is 0.465 e. The molecule has 7 fully saturated rings. The predicted molar refractivity (Wildman–Crippen MR) is 424 cm³/mol. The number of hydrogen-bond acceptors (Lipinski definition) is 24. The molecule has 0 bridgehead atoms. The third-order valence-electron chi connectivity index (χ3n) is 23.3. The van der Waals surface area contributed by atoms with Crippen LogP contribution in [0.3, 0.4) is 0 Å². The Balaban J connectivity index is 0.000000885. The Morgan fingerprint density at radius 3 is 0.691 bits per heavy atom. The summed E-state index contributed by atoms with van der Waals surface area (Å²) in [5.74, 6) is -37.3. The molecule has 149 heavy (non-hydrogen) atoms. The number of carbonyl (C=O) groups is 10. The van der Waals surface area contributed by atoms with Crippen LogP contribution >= 0.6 is 0 Å². The first-order valence-electron chi connectivity index (χ1n) is 45.6. The van der Waals surface area contributed by atoms with Crippen molar-refractivity contribution in [1.29, 1.82) is 0 Å². The van der Waals surface area contributed by atoms with E-state index in [-0.39, 0.29) is 112 Å². The third kappa shape index (κ3) is 59.1.